The first-order chi connectivity index (χ1) is 12.2. The zero-order valence-corrected chi connectivity index (χ0v) is 14.4. The molecule has 1 aromatic carbocycles. The maximum Gasteiger partial charge on any atom is 0.153 e. The lowest BCUT2D eigenvalue weighted by Crippen LogP contribution is -2.18. The van der Waals surface area contributed by atoms with Crippen molar-refractivity contribution in [3.63, 3.8) is 0 Å². The Hall–Kier alpha value is -3.04. The van der Waals surface area contributed by atoms with Crippen LogP contribution in [0.1, 0.15) is 22.5 Å². The van der Waals surface area contributed by atoms with Gasteiger partial charge in [0.25, 0.3) is 0 Å². The van der Waals surface area contributed by atoms with Gasteiger partial charge in [-0.25, -0.2) is 4.52 Å². The van der Waals surface area contributed by atoms with Gasteiger partial charge in [-0.1, -0.05) is 18.2 Å². The number of aryl methyl sites for hydroxylation is 2. The standard InChI is InChI=1S/C19H20N6/c1-13-16(17-5-3-4-6-18(17)23-13)7-8-21-11-15-12-24(2)19-14(9-20)10-22-25(15)19/h3-6,10,12,21,23H,7-8,11H2,1-2H3. The first-order valence-corrected chi connectivity index (χ1v) is 8.38. The molecule has 4 aromatic rings. The van der Waals surface area contributed by atoms with E-state index in [-0.39, 0.29) is 0 Å². The highest BCUT2D eigenvalue weighted by Crippen LogP contribution is 2.22. The minimum atomic E-state index is 0.600. The Balaban J connectivity index is 1.46. The van der Waals surface area contributed by atoms with Gasteiger partial charge in [0.15, 0.2) is 5.65 Å². The molecular weight excluding hydrogens is 312 g/mol. The van der Waals surface area contributed by atoms with Crippen LogP contribution in [-0.4, -0.2) is 25.7 Å². The number of aromatic amines is 1. The third-order valence-electron chi connectivity index (χ3n) is 4.70. The number of nitrogens with one attached hydrogen (secondary N) is 2. The molecule has 0 radical (unpaired) electrons. The number of para-hydroxylation sites is 1. The van der Waals surface area contributed by atoms with Gasteiger partial charge < -0.3 is 14.9 Å². The van der Waals surface area contributed by atoms with E-state index in [1.807, 2.05) is 22.3 Å². The predicted molar refractivity (Wildman–Crippen MR) is 97.3 cm³/mol. The fourth-order valence-electron chi connectivity index (χ4n) is 3.52. The molecule has 0 unspecified atom stereocenters. The van der Waals surface area contributed by atoms with Gasteiger partial charge in [-0.2, -0.15) is 10.4 Å². The van der Waals surface area contributed by atoms with Gasteiger partial charge >= 0.3 is 0 Å². The van der Waals surface area contributed by atoms with Gasteiger partial charge in [-0.15, -0.1) is 0 Å². The number of H-pyrrole nitrogens is 1. The fraction of sp³-hybridized carbons (Fsp3) is 0.263. The van der Waals surface area contributed by atoms with E-state index in [9.17, 15) is 0 Å². The minimum absolute atomic E-state index is 0.600. The smallest absolute Gasteiger partial charge is 0.153 e. The Bertz CT molecular complexity index is 1090. The van der Waals surface area contributed by atoms with E-state index >= 15 is 0 Å². The summed E-state index contributed by atoms with van der Waals surface area (Å²) in [4.78, 5) is 3.45. The highest BCUT2D eigenvalue weighted by atomic mass is 15.3. The Morgan fingerprint density at radius 2 is 2.16 bits per heavy atom. The molecular formula is C19H20N6. The summed E-state index contributed by atoms with van der Waals surface area (Å²) in [7, 11) is 1.94. The second kappa shape index (κ2) is 6.11. The van der Waals surface area contributed by atoms with E-state index in [1.54, 1.807) is 6.20 Å². The monoisotopic (exact) mass is 332 g/mol. The summed E-state index contributed by atoms with van der Waals surface area (Å²) in [5.74, 6) is 0. The number of nitriles is 1. The van der Waals surface area contributed by atoms with E-state index in [2.05, 4.69) is 52.7 Å². The number of aromatic nitrogens is 4. The van der Waals surface area contributed by atoms with Gasteiger partial charge in [0.05, 0.1) is 11.9 Å². The third kappa shape index (κ3) is 2.59. The summed E-state index contributed by atoms with van der Waals surface area (Å²) in [5, 5.41) is 18.3. The first kappa shape index (κ1) is 15.5. The number of rotatable bonds is 5. The van der Waals surface area contributed by atoms with Gasteiger partial charge in [0, 0.05) is 36.4 Å². The number of hydrogen-bond donors (Lipinski definition) is 2. The third-order valence-corrected chi connectivity index (χ3v) is 4.70. The van der Waals surface area contributed by atoms with E-state index in [4.69, 9.17) is 5.26 Å². The zero-order chi connectivity index (χ0) is 17.4. The quantitative estimate of drug-likeness (QED) is 0.552. The molecule has 0 aliphatic rings. The van der Waals surface area contributed by atoms with Gasteiger partial charge in [0.1, 0.15) is 11.6 Å². The summed E-state index contributed by atoms with van der Waals surface area (Å²) in [6.45, 7) is 3.72. The molecule has 0 fully saturated rings. The SMILES string of the molecule is Cc1[nH]c2ccccc2c1CCNCc1cn(C)c2c(C#N)cnn12. The van der Waals surface area contributed by atoms with Crippen LogP contribution >= 0.6 is 0 Å². The van der Waals surface area contributed by atoms with Crippen molar-refractivity contribution < 1.29 is 0 Å². The van der Waals surface area contributed by atoms with Crippen molar-refractivity contribution in [2.24, 2.45) is 7.05 Å². The average Bonchev–Trinajstić information content (AvgIpc) is 3.26. The predicted octanol–water partition coefficient (Wildman–Crippen LogP) is 2.67. The van der Waals surface area contributed by atoms with Crippen LogP contribution in [0.4, 0.5) is 0 Å². The van der Waals surface area contributed by atoms with Crippen LogP contribution in [0.3, 0.4) is 0 Å². The van der Waals surface area contributed by atoms with Crippen molar-refractivity contribution in [2.75, 3.05) is 6.54 Å². The molecule has 0 bridgehead atoms. The van der Waals surface area contributed by atoms with Gasteiger partial charge in [-0.3, -0.25) is 0 Å². The van der Waals surface area contributed by atoms with Crippen LogP contribution in [-0.2, 0) is 20.0 Å². The number of imidazole rings is 1. The lowest BCUT2D eigenvalue weighted by atomic mass is 10.1. The normalized spacial score (nSPS) is 11.4. The van der Waals surface area contributed by atoms with E-state index in [1.165, 1.54) is 22.2 Å². The summed E-state index contributed by atoms with van der Waals surface area (Å²) >= 11 is 0. The molecule has 3 aromatic heterocycles. The van der Waals surface area contributed by atoms with Crippen LogP contribution in [0.5, 0.6) is 0 Å². The Morgan fingerprint density at radius 3 is 3.00 bits per heavy atom. The molecule has 6 heteroatoms. The van der Waals surface area contributed by atoms with Crippen molar-refractivity contribution in [1.29, 1.82) is 5.26 Å². The first-order valence-electron chi connectivity index (χ1n) is 8.38. The van der Waals surface area contributed by atoms with Crippen molar-refractivity contribution >= 4 is 16.6 Å². The molecule has 126 valence electrons. The molecule has 0 aliphatic carbocycles. The van der Waals surface area contributed by atoms with Gasteiger partial charge in [0.2, 0.25) is 0 Å². The van der Waals surface area contributed by atoms with E-state index in [0.717, 1.165) is 24.3 Å². The van der Waals surface area contributed by atoms with Crippen LogP contribution < -0.4 is 5.32 Å². The molecule has 0 saturated heterocycles. The Labute approximate surface area is 145 Å². The zero-order valence-electron chi connectivity index (χ0n) is 14.4. The number of fused-ring (bicyclic) bond motifs is 2. The summed E-state index contributed by atoms with van der Waals surface area (Å²) in [6, 6.07) is 10.6. The maximum atomic E-state index is 9.16. The summed E-state index contributed by atoms with van der Waals surface area (Å²) in [5.41, 5.74) is 6.29. The molecule has 25 heavy (non-hydrogen) atoms. The molecule has 0 amide bonds. The van der Waals surface area contributed by atoms with Gasteiger partial charge in [-0.05, 0) is 31.5 Å². The van der Waals surface area contributed by atoms with Crippen LogP contribution in [0, 0.1) is 18.3 Å². The van der Waals surface area contributed by atoms with Crippen molar-refractivity contribution in [1.82, 2.24) is 24.5 Å². The van der Waals surface area contributed by atoms with Crippen molar-refractivity contribution in [3.8, 4) is 6.07 Å². The molecule has 2 N–H and O–H groups in total. The second-order valence-electron chi connectivity index (χ2n) is 6.34. The lowest BCUT2D eigenvalue weighted by molar-refractivity contribution is 0.661. The van der Waals surface area contributed by atoms with Crippen molar-refractivity contribution in [2.45, 2.75) is 19.9 Å². The van der Waals surface area contributed by atoms with E-state index < -0.39 is 0 Å². The molecule has 3 heterocycles. The number of benzene rings is 1. The van der Waals surface area contributed by atoms with Crippen molar-refractivity contribution in [3.05, 3.63) is 59.2 Å². The second-order valence-corrected chi connectivity index (χ2v) is 6.34. The van der Waals surface area contributed by atoms with E-state index in [0.29, 0.717) is 12.1 Å². The minimum Gasteiger partial charge on any atom is -0.358 e. The molecule has 0 atom stereocenters. The molecule has 0 saturated carbocycles. The molecule has 0 aliphatic heterocycles. The topological polar surface area (TPSA) is 73.8 Å². The van der Waals surface area contributed by atoms with Crippen LogP contribution in [0.25, 0.3) is 16.6 Å². The fourth-order valence-corrected chi connectivity index (χ4v) is 3.52. The highest BCUT2D eigenvalue weighted by molar-refractivity contribution is 5.84. The summed E-state index contributed by atoms with van der Waals surface area (Å²) < 4.78 is 3.79. The van der Waals surface area contributed by atoms with Crippen LogP contribution in [0.2, 0.25) is 0 Å². The summed E-state index contributed by atoms with van der Waals surface area (Å²) in [6.07, 6.45) is 4.61. The average molecular weight is 332 g/mol. The highest BCUT2D eigenvalue weighted by Gasteiger charge is 2.12. The van der Waals surface area contributed by atoms with Crippen LogP contribution in [0.15, 0.2) is 36.7 Å². The molecule has 0 spiro atoms. The Morgan fingerprint density at radius 1 is 1.32 bits per heavy atom. The molecule has 6 nitrogen and oxygen atoms in total. The number of nitrogens with zero attached hydrogens (tertiary/aromatic N) is 4. The Kier molecular flexibility index (Phi) is 3.79. The maximum absolute atomic E-state index is 9.16. The molecule has 4 rings (SSSR count). The number of hydrogen-bond acceptors (Lipinski definition) is 3. The largest absolute Gasteiger partial charge is 0.358 e. The lowest BCUT2D eigenvalue weighted by Gasteiger charge is -2.04.